The molecule has 0 radical (unpaired) electrons. The van der Waals surface area contributed by atoms with E-state index < -0.39 is 12.1 Å². The summed E-state index contributed by atoms with van der Waals surface area (Å²) in [4.78, 5) is 23.5. The fourth-order valence-corrected chi connectivity index (χ4v) is 2.43. The smallest absolute Gasteiger partial charge is 0.331 e. The van der Waals surface area contributed by atoms with E-state index in [1.165, 1.54) is 36.8 Å². The van der Waals surface area contributed by atoms with E-state index in [9.17, 15) is 9.59 Å². The molecular weight excluding hydrogens is 294 g/mol. The van der Waals surface area contributed by atoms with E-state index in [1.807, 2.05) is 0 Å². The maximum absolute atomic E-state index is 11.9. The summed E-state index contributed by atoms with van der Waals surface area (Å²) in [7, 11) is 0. The predicted octanol–water partition coefficient (Wildman–Crippen LogP) is 3.23. The van der Waals surface area contributed by atoms with Gasteiger partial charge in [0.25, 0.3) is 5.91 Å². The monoisotopic (exact) mass is 317 g/mol. The van der Waals surface area contributed by atoms with Gasteiger partial charge in [0, 0.05) is 12.6 Å². The third-order valence-corrected chi connectivity index (χ3v) is 3.72. The van der Waals surface area contributed by atoms with Crippen LogP contribution < -0.4 is 5.32 Å². The Kier molecular flexibility index (Phi) is 6.66. The Morgan fingerprint density at radius 3 is 3.00 bits per heavy atom. The van der Waals surface area contributed by atoms with Gasteiger partial charge in [-0.05, 0) is 57.2 Å². The van der Waals surface area contributed by atoms with Gasteiger partial charge in [0.15, 0.2) is 6.10 Å². The number of nitrogens with one attached hydrogen (secondary N) is 1. The standard InChI is InChI=1S/C18H23NO4/c1-14(23-17(20)10-9-16-8-5-13-22-16)18(21)19-12-11-15-6-3-2-4-7-15/h5-6,8-10,13-14H,2-4,7,11-12H2,1H3,(H,19,21)/b10-9+/t14-/m0/s1. The lowest BCUT2D eigenvalue weighted by Crippen LogP contribution is -2.36. The van der Waals surface area contributed by atoms with Gasteiger partial charge in [-0.2, -0.15) is 0 Å². The largest absolute Gasteiger partial charge is 0.465 e. The molecule has 0 spiro atoms. The quantitative estimate of drug-likeness (QED) is 0.476. The highest BCUT2D eigenvalue weighted by Gasteiger charge is 2.16. The molecule has 1 aliphatic rings. The first kappa shape index (κ1) is 17.1. The summed E-state index contributed by atoms with van der Waals surface area (Å²) in [5, 5.41) is 2.81. The third-order valence-electron chi connectivity index (χ3n) is 3.72. The molecular formula is C18H23NO4. The molecule has 1 N–H and O–H groups in total. The van der Waals surface area contributed by atoms with Crippen molar-refractivity contribution in [2.24, 2.45) is 0 Å². The Bertz CT molecular complexity index is 572. The van der Waals surface area contributed by atoms with Gasteiger partial charge in [-0.25, -0.2) is 4.79 Å². The second-order valence-electron chi connectivity index (χ2n) is 5.58. The SMILES string of the molecule is C[C@H](OC(=O)/C=C/c1ccco1)C(=O)NCCC1=CCCCC1. The molecule has 2 rings (SSSR count). The third kappa shape index (κ3) is 6.14. The topological polar surface area (TPSA) is 68.5 Å². The van der Waals surface area contributed by atoms with Crippen LogP contribution in [-0.2, 0) is 14.3 Å². The van der Waals surface area contributed by atoms with Gasteiger partial charge in [-0.15, -0.1) is 0 Å². The molecule has 1 amide bonds. The molecule has 1 atom stereocenters. The van der Waals surface area contributed by atoms with E-state index in [1.54, 1.807) is 19.1 Å². The molecule has 124 valence electrons. The van der Waals surface area contributed by atoms with Crippen LogP contribution in [0.1, 0.15) is 44.8 Å². The number of esters is 1. The number of amides is 1. The maximum atomic E-state index is 11.9. The van der Waals surface area contributed by atoms with Crippen molar-refractivity contribution < 1.29 is 18.7 Å². The Hall–Kier alpha value is -2.30. The van der Waals surface area contributed by atoms with Gasteiger partial charge in [-0.1, -0.05) is 11.6 Å². The van der Waals surface area contributed by atoms with Gasteiger partial charge in [0.2, 0.25) is 0 Å². The lowest BCUT2D eigenvalue weighted by atomic mass is 9.97. The Morgan fingerprint density at radius 1 is 1.43 bits per heavy atom. The predicted molar refractivity (Wildman–Crippen MR) is 87.5 cm³/mol. The number of hydrogen-bond acceptors (Lipinski definition) is 4. The van der Waals surface area contributed by atoms with Gasteiger partial charge < -0.3 is 14.5 Å². The fraction of sp³-hybridized carbons (Fsp3) is 0.444. The van der Waals surface area contributed by atoms with Crippen LogP contribution >= 0.6 is 0 Å². The molecule has 0 unspecified atom stereocenters. The second-order valence-corrected chi connectivity index (χ2v) is 5.58. The number of carbonyl (C=O) groups is 2. The van der Waals surface area contributed by atoms with Crippen LogP contribution in [0.5, 0.6) is 0 Å². The van der Waals surface area contributed by atoms with Gasteiger partial charge in [0.1, 0.15) is 5.76 Å². The Balaban J connectivity index is 1.67. The van der Waals surface area contributed by atoms with Crippen molar-refractivity contribution >= 4 is 18.0 Å². The summed E-state index contributed by atoms with van der Waals surface area (Å²) in [5.41, 5.74) is 1.41. The molecule has 1 aromatic rings. The Morgan fingerprint density at radius 2 is 2.30 bits per heavy atom. The molecule has 23 heavy (non-hydrogen) atoms. The molecule has 1 aromatic heterocycles. The average molecular weight is 317 g/mol. The minimum Gasteiger partial charge on any atom is -0.465 e. The van der Waals surface area contributed by atoms with Crippen LogP contribution in [0.2, 0.25) is 0 Å². The van der Waals surface area contributed by atoms with E-state index in [4.69, 9.17) is 9.15 Å². The molecule has 0 fully saturated rings. The number of hydrogen-bond donors (Lipinski definition) is 1. The molecule has 0 bridgehead atoms. The van der Waals surface area contributed by atoms with E-state index in [-0.39, 0.29) is 5.91 Å². The molecule has 0 aliphatic heterocycles. The first-order chi connectivity index (χ1) is 11.1. The van der Waals surface area contributed by atoms with Gasteiger partial charge >= 0.3 is 5.97 Å². The van der Waals surface area contributed by atoms with E-state index in [0.29, 0.717) is 12.3 Å². The lowest BCUT2D eigenvalue weighted by Gasteiger charge is -2.15. The normalized spacial score (nSPS) is 16.0. The van der Waals surface area contributed by atoms with Crippen molar-refractivity contribution in [1.29, 1.82) is 0 Å². The number of rotatable bonds is 7. The molecule has 0 saturated heterocycles. The van der Waals surface area contributed by atoms with Crippen LogP contribution in [0, 0.1) is 0 Å². The number of allylic oxidation sites excluding steroid dienone is 1. The number of furan rings is 1. The second kappa shape index (κ2) is 8.98. The highest BCUT2D eigenvalue weighted by Crippen LogP contribution is 2.19. The van der Waals surface area contributed by atoms with Crippen LogP contribution in [-0.4, -0.2) is 24.5 Å². The molecule has 5 nitrogen and oxygen atoms in total. The van der Waals surface area contributed by atoms with Crippen molar-refractivity contribution in [3.63, 3.8) is 0 Å². The highest BCUT2D eigenvalue weighted by atomic mass is 16.5. The summed E-state index contributed by atoms with van der Waals surface area (Å²) in [6.45, 7) is 2.14. The summed E-state index contributed by atoms with van der Waals surface area (Å²) >= 11 is 0. The van der Waals surface area contributed by atoms with Crippen LogP contribution in [0.3, 0.4) is 0 Å². The van der Waals surface area contributed by atoms with Gasteiger partial charge in [0.05, 0.1) is 6.26 Å². The fourth-order valence-electron chi connectivity index (χ4n) is 2.43. The van der Waals surface area contributed by atoms with Crippen molar-refractivity contribution in [3.05, 3.63) is 41.9 Å². The molecule has 0 aromatic carbocycles. The van der Waals surface area contributed by atoms with Crippen LogP contribution in [0.4, 0.5) is 0 Å². The van der Waals surface area contributed by atoms with E-state index in [2.05, 4.69) is 11.4 Å². The maximum Gasteiger partial charge on any atom is 0.331 e. The number of carbonyl (C=O) groups excluding carboxylic acids is 2. The summed E-state index contributed by atoms with van der Waals surface area (Å²) in [5.74, 6) is -0.292. The lowest BCUT2D eigenvalue weighted by molar-refractivity contribution is -0.150. The van der Waals surface area contributed by atoms with Gasteiger partial charge in [-0.3, -0.25) is 4.79 Å². The van der Waals surface area contributed by atoms with Crippen molar-refractivity contribution in [1.82, 2.24) is 5.32 Å². The van der Waals surface area contributed by atoms with Crippen LogP contribution in [0.25, 0.3) is 6.08 Å². The van der Waals surface area contributed by atoms with Crippen molar-refractivity contribution in [2.45, 2.75) is 45.1 Å². The zero-order chi connectivity index (χ0) is 16.5. The number of ether oxygens (including phenoxy) is 1. The minimum atomic E-state index is -0.816. The summed E-state index contributed by atoms with van der Waals surface area (Å²) in [6, 6.07) is 3.45. The molecule has 0 saturated carbocycles. The summed E-state index contributed by atoms with van der Waals surface area (Å²) in [6.07, 6.45) is 11.3. The molecule has 1 aliphatic carbocycles. The van der Waals surface area contributed by atoms with Crippen LogP contribution in [0.15, 0.2) is 40.5 Å². The first-order valence-electron chi connectivity index (χ1n) is 8.03. The molecule has 5 heteroatoms. The zero-order valence-electron chi connectivity index (χ0n) is 13.4. The Labute approximate surface area is 136 Å². The van der Waals surface area contributed by atoms with Crippen molar-refractivity contribution in [3.8, 4) is 0 Å². The summed E-state index contributed by atoms with van der Waals surface area (Å²) < 4.78 is 10.1. The van der Waals surface area contributed by atoms with E-state index >= 15 is 0 Å². The van der Waals surface area contributed by atoms with E-state index in [0.717, 1.165) is 19.3 Å². The first-order valence-corrected chi connectivity index (χ1v) is 8.03. The average Bonchev–Trinajstić information content (AvgIpc) is 3.07. The highest BCUT2D eigenvalue weighted by molar-refractivity contribution is 5.90. The molecule has 1 heterocycles. The van der Waals surface area contributed by atoms with Crippen molar-refractivity contribution in [2.75, 3.05) is 6.54 Å². The minimum absolute atomic E-state index is 0.277. The zero-order valence-corrected chi connectivity index (χ0v) is 13.4.